The summed E-state index contributed by atoms with van der Waals surface area (Å²) in [6.45, 7) is 10.0. The van der Waals surface area contributed by atoms with Crippen LogP contribution in [0.25, 0.3) is 0 Å². The Kier molecular flexibility index (Phi) is 6.61. The van der Waals surface area contributed by atoms with Crippen molar-refractivity contribution in [3.63, 3.8) is 0 Å². The van der Waals surface area contributed by atoms with Crippen molar-refractivity contribution in [3.8, 4) is 5.75 Å². The highest BCUT2D eigenvalue weighted by molar-refractivity contribution is 5.95. The van der Waals surface area contributed by atoms with Gasteiger partial charge in [-0.1, -0.05) is 52.0 Å². The maximum Gasteiger partial charge on any atom is 0.279 e. The molecule has 0 saturated carbocycles. The first-order chi connectivity index (χ1) is 12.7. The van der Waals surface area contributed by atoms with Gasteiger partial charge in [-0.25, -0.2) is 0 Å². The van der Waals surface area contributed by atoms with E-state index in [4.69, 9.17) is 4.74 Å². The molecular formula is C22H28N2O3. The third kappa shape index (κ3) is 5.84. The van der Waals surface area contributed by atoms with Crippen LogP contribution < -0.4 is 15.6 Å². The van der Waals surface area contributed by atoms with Crippen molar-refractivity contribution in [3.05, 3.63) is 65.2 Å². The summed E-state index contributed by atoms with van der Waals surface area (Å²) in [7, 11) is 0. The maximum atomic E-state index is 12.2. The molecule has 2 aromatic rings. The van der Waals surface area contributed by atoms with E-state index >= 15 is 0 Å². The van der Waals surface area contributed by atoms with Gasteiger partial charge >= 0.3 is 0 Å². The lowest BCUT2D eigenvalue weighted by molar-refractivity contribution is -0.128. The number of aryl methyl sites for hydroxylation is 1. The molecule has 144 valence electrons. The summed E-state index contributed by atoms with van der Waals surface area (Å²) in [5.74, 6) is -0.184. The largest absolute Gasteiger partial charge is 0.481 e. The second kappa shape index (κ2) is 8.71. The number of hydrogen-bond donors (Lipinski definition) is 2. The highest BCUT2D eigenvalue weighted by atomic mass is 16.5. The van der Waals surface area contributed by atoms with Crippen LogP contribution in [0.2, 0.25) is 0 Å². The summed E-state index contributed by atoms with van der Waals surface area (Å²) in [5, 5.41) is 0. The Morgan fingerprint density at radius 2 is 1.56 bits per heavy atom. The van der Waals surface area contributed by atoms with Crippen LogP contribution in [0.4, 0.5) is 0 Å². The molecule has 2 aromatic carbocycles. The van der Waals surface area contributed by atoms with Crippen molar-refractivity contribution in [2.24, 2.45) is 0 Å². The predicted molar refractivity (Wildman–Crippen MR) is 107 cm³/mol. The van der Waals surface area contributed by atoms with E-state index in [2.05, 4.69) is 38.5 Å². The Morgan fingerprint density at radius 3 is 2.07 bits per heavy atom. The van der Waals surface area contributed by atoms with Crippen LogP contribution in [-0.4, -0.2) is 17.9 Å². The fraction of sp³-hybridized carbons (Fsp3) is 0.364. The first-order valence-corrected chi connectivity index (χ1v) is 9.17. The zero-order valence-electron chi connectivity index (χ0n) is 16.6. The Labute approximate surface area is 161 Å². The highest BCUT2D eigenvalue weighted by Crippen LogP contribution is 2.22. The first-order valence-electron chi connectivity index (χ1n) is 9.17. The van der Waals surface area contributed by atoms with Gasteiger partial charge in [0.25, 0.3) is 11.8 Å². The minimum atomic E-state index is -0.735. The molecule has 2 rings (SSSR count). The second-order valence-corrected chi connectivity index (χ2v) is 7.53. The number of rotatable bonds is 5. The molecule has 2 amide bonds. The average molecular weight is 368 g/mol. The van der Waals surface area contributed by atoms with E-state index in [1.807, 2.05) is 36.4 Å². The number of carbonyl (C=O) groups excluding carboxylic acids is 2. The topological polar surface area (TPSA) is 67.4 Å². The van der Waals surface area contributed by atoms with Gasteiger partial charge in [0.05, 0.1) is 0 Å². The van der Waals surface area contributed by atoms with Gasteiger partial charge in [-0.05, 0) is 54.2 Å². The quantitative estimate of drug-likeness (QED) is 0.790. The molecule has 27 heavy (non-hydrogen) atoms. The average Bonchev–Trinajstić information content (AvgIpc) is 2.65. The molecule has 0 aromatic heterocycles. The lowest BCUT2D eigenvalue weighted by Crippen LogP contribution is -2.47. The SMILES string of the molecule is CCc1ccc(O[C@@H](C)C(=O)NNC(=O)c2ccc(C(C)(C)C)cc2)cc1. The molecule has 0 saturated heterocycles. The minimum Gasteiger partial charge on any atom is -0.481 e. The van der Waals surface area contributed by atoms with E-state index in [-0.39, 0.29) is 11.3 Å². The fourth-order valence-electron chi connectivity index (χ4n) is 2.48. The monoisotopic (exact) mass is 368 g/mol. The molecule has 1 atom stereocenters. The van der Waals surface area contributed by atoms with Crippen molar-refractivity contribution in [2.75, 3.05) is 0 Å². The molecule has 0 fully saturated rings. The van der Waals surface area contributed by atoms with Gasteiger partial charge in [-0.2, -0.15) is 0 Å². The Bertz CT molecular complexity index is 775. The zero-order chi connectivity index (χ0) is 20.0. The summed E-state index contributed by atoms with van der Waals surface area (Å²) in [6, 6.07) is 14.9. The van der Waals surface area contributed by atoms with E-state index in [1.54, 1.807) is 19.1 Å². The Morgan fingerprint density at radius 1 is 0.963 bits per heavy atom. The molecule has 0 unspecified atom stereocenters. The number of hydrogen-bond acceptors (Lipinski definition) is 3. The van der Waals surface area contributed by atoms with Gasteiger partial charge in [-0.15, -0.1) is 0 Å². The molecule has 0 aliphatic carbocycles. The van der Waals surface area contributed by atoms with Crippen LogP contribution in [0, 0.1) is 0 Å². The third-order valence-corrected chi connectivity index (χ3v) is 4.33. The molecule has 2 N–H and O–H groups in total. The van der Waals surface area contributed by atoms with Crippen molar-refractivity contribution < 1.29 is 14.3 Å². The van der Waals surface area contributed by atoms with Crippen LogP contribution in [0.3, 0.4) is 0 Å². The third-order valence-electron chi connectivity index (χ3n) is 4.33. The first kappa shape index (κ1) is 20.5. The summed E-state index contributed by atoms with van der Waals surface area (Å²) in [6.07, 6.45) is 0.208. The number of amides is 2. The van der Waals surface area contributed by atoms with E-state index < -0.39 is 12.0 Å². The molecule has 0 aliphatic heterocycles. The summed E-state index contributed by atoms with van der Waals surface area (Å²) in [4.78, 5) is 24.3. The smallest absolute Gasteiger partial charge is 0.279 e. The number of hydrazine groups is 1. The van der Waals surface area contributed by atoms with Crippen molar-refractivity contribution >= 4 is 11.8 Å². The van der Waals surface area contributed by atoms with Gasteiger partial charge in [0.15, 0.2) is 6.10 Å². The van der Waals surface area contributed by atoms with E-state index in [9.17, 15) is 9.59 Å². The number of carbonyl (C=O) groups is 2. The van der Waals surface area contributed by atoms with Crippen molar-refractivity contribution in [1.29, 1.82) is 0 Å². The van der Waals surface area contributed by atoms with E-state index in [0.717, 1.165) is 12.0 Å². The number of ether oxygens (including phenoxy) is 1. The molecule has 0 heterocycles. The van der Waals surface area contributed by atoms with Crippen molar-refractivity contribution in [2.45, 2.75) is 52.6 Å². The number of benzene rings is 2. The molecule has 0 spiro atoms. The lowest BCUT2D eigenvalue weighted by atomic mass is 9.87. The maximum absolute atomic E-state index is 12.2. The Balaban J connectivity index is 1.87. The molecule has 0 bridgehead atoms. The predicted octanol–water partition coefficient (Wildman–Crippen LogP) is 3.78. The highest BCUT2D eigenvalue weighted by Gasteiger charge is 2.17. The summed E-state index contributed by atoms with van der Waals surface area (Å²) < 4.78 is 5.60. The van der Waals surface area contributed by atoms with Crippen LogP contribution in [-0.2, 0) is 16.6 Å². The van der Waals surface area contributed by atoms with Gasteiger partial charge in [0.2, 0.25) is 0 Å². The van der Waals surface area contributed by atoms with Crippen LogP contribution in [0.1, 0.15) is 56.1 Å². The van der Waals surface area contributed by atoms with E-state index in [1.165, 1.54) is 5.56 Å². The van der Waals surface area contributed by atoms with Crippen LogP contribution in [0.5, 0.6) is 5.75 Å². The van der Waals surface area contributed by atoms with Crippen LogP contribution >= 0.6 is 0 Å². The Hall–Kier alpha value is -2.82. The molecule has 0 aliphatic rings. The minimum absolute atomic E-state index is 0.0192. The standard InChI is InChI=1S/C22H28N2O3/c1-6-16-7-13-19(14-8-16)27-15(2)20(25)23-24-21(26)17-9-11-18(12-10-17)22(3,4)5/h7-15H,6H2,1-5H3,(H,23,25)(H,24,26)/t15-/m0/s1. The molecule has 5 nitrogen and oxygen atoms in total. The normalized spacial score (nSPS) is 12.2. The second-order valence-electron chi connectivity index (χ2n) is 7.53. The molecular weight excluding hydrogens is 340 g/mol. The van der Waals surface area contributed by atoms with Crippen molar-refractivity contribution in [1.82, 2.24) is 10.9 Å². The fourth-order valence-corrected chi connectivity index (χ4v) is 2.48. The zero-order valence-corrected chi connectivity index (χ0v) is 16.6. The molecule has 5 heteroatoms. The summed E-state index contributed by atoms with van der Waals surface area (Å²) in [5.41, 5.74) is 7.66. The summed E-state index contributed by atoms with van der Waals surface area (Å²) >= 11 is 0. The lowest BCUT2D eigenvalue weighted by Gasteiger charge is -2.19. The van der Waals surface area contributed by atoms with Gasteiger partial charge in [0, 0.05) is 5.56 Å². The van der Waals surface area contributed by atoms with E-state index in [0.29, 0.717) is 11.3 Å². The molecule has 0 radical (unpaired) electrons. The van der Waals surface area contributed by atoms with Gasteiger partial charge in [0.1, 0.15) is 5.75 Å². The van der Waals surface area contributed by atoms with Gasteiger partial charge in [-0.3, -0.25) is 20.4 Å². The number of nitrogens with one attached hydrogen (secondary N) is 2. The van der Waals surface area contributed by atoms with Gasteiger partial charge < -0.3 is 4.74 Å². The van der Waals surface area contributed by atoms with Crippen LogP contribution in [0.15, 0.2) is 48.5 Å².